The van der Waals surface area contributed by atoms with E-state index in [0.29, 0.717) is 0 Å². The second kappa shape index (κ2) is 4.87. The predicted molar refractivity (Wildman–Crippen MR) is 63.8 cm³/mol. The van der Waals surface area contributed by atoms with Gasteiger partial charge < -0.3 is 0 Å². The Morgan fingerprint density at radius 3 is 2.56 bits per heavy atom. The van der Waals surface area contributed by atoms with E-state index in [-0.39, 0.29) is 11.4 Å². The number of aromatic nitrogens is 2. The van der Waals surface area contributed by atoms with Crippen molar-refractivity contribution >= 4 is 10.0 Å². The maximum Gasteiger partial charge on any atom is 0.240 e. The van der Waals surface area contributed by atoms with Crippen molar-refractivity contribution in [3.63, 3.8) is 0 Å². The Morgan fingerprint density at radius 1 is 1.33 bits per heavy atom. The zero-order chi connectivity index (χ0) is 13.2. The summed E-state index contributed by atoms with van der Waals surface area (Å²) in [5, 5.41) is 6.52. The highest BCUT2D eigenvalue weighted by atomic mass is 32.2. The van der Waals surface area contributed by atoms with Crippen LogP contribution < -0.4 is 4.72 Å². The molecule has 2 rings (SSSR count). The van der Waals surface area contributed by atoms with Crippen molar-refractivity contribution in [2.45, 2.75) is 18.4 Å². The van der Waals surface area contributed by atoms with E-state index in [1.165, 1.54) is 12.1 Å². The summed E-state index contributed by atoms with van der Waals surface area (Å²) >= 11 is 0. The molecule has 5 nitrogen and oxygen atoms in total. The van der Waals surface area contributed by atoms with Gasteiger partial charge in [0.15, 0.2) is 0 Å². The first-order valence-corrected chi connectivity index (χ1v) is 6.71. The van der Waals surface area contributed by atoms with E-state index in [1.54, 1.807) is 13.1 Å². The largest absolute Gasteiger partial charge is 0.283 e. The van der Waals surface area contributed by atoms with Gasteiger partial charge in [0.05, 0.1) is 11.1 Å². The molecule has 0 unspecified atom stereocenters. The predicted octanol–water partition coefficient (Wildman–Crippen LogP) is 1.34. The number of hydrogen-bond donors (Lipinski definition) is 2. The molecule has 1 aromatic heterocycles. The monoisotopic (exact) mass is 269 g/mol. The lowest BCUT2D eigenvalue weighted by Gasteiger charge is -2.06. The third kappa shape index (κ3) is 2.74. The molecule has 1 heterocycles. The molecule has 0 radical (unpaired) electrons. The van der Waals surface area contributed by atoms with Crippen molar-refractivity contribution in [3.8, 4) is 0 Å². The maximum absolute atomic E-state index is 12.7. The Morgan fingerprint density at radius 2 is 2.00 bits per heavy atom. The fourth-order valence-electron chi connectivity index (χ4n) is 1.42. The summed E-state index contributed by atoms with van der Waals surface area (Å²) in [4.78, 5) is 0.0325. The molecule has 0 aliphatic carbocycles. The quantitative estimate of drug-likeness (QED) is 0.879. The van der Waals surface area contributed by atoms with E-state index >= 15 is 0 Å². The van der Waals surface area contributed by atoms with Gasteiger partial charge in [-0.15, -0.1) is 0 Å². The van der Waals surface area contributed by atoms with Crippen molar-refractivity contribution < 1.29 is 12.8 Å². The summed E-state index contributed by atoms with van der Waals surface area (Å²) in [6.07, 6.45) is 1.56. The van der Waals surface area contributed by atoms with Crippen molar-refractivity contribution in [2.75, 3.05) is 0 Å². The average molecular weight is 269 g/mol. The number of H-pyrrole nitrogens is 1. The molecule has 96 valence electrons. The van der Waals surface area contributed by atoms with Gasteiger partial charge in [-0.2, -0.15) is 5.10 Å². The normalized spacial score (nSPS) is 11.7. The number of hydrogen-bond acceptors (Lipinski definition) is 3. The summed E-state index contributed by atoms with van der Waals surface area (Å²) in [5.41, 5.74) is 1.57. The van der Waals surface area contributed by atoms with Gasteiger partial charge in [-0.25, -0.2) is 17.5 Å². The van der Waals surface area contributed by atoms with Crippen LogP contribution in [-0.2, 0) is 16.6 Å². The third-order valence-electron chi connectivity index (χ3n) is 2.51. The molecule has 2 N–H and O–H groups in total. The van der Waals surface area contributed by atoms with Crippen molar-refractivity contribution in [1.29, 1.82) is 0 Å². The van der Waals surface area contributed by atoms with Crippen LogP contribution in [0.2, 0.25) is 0 Å². The van der Waals surface area contributed by atoms with Crippen LogP contribution in [0.15, 0.2) is 35.4 Å². The number of benzene rings is 1. The Bertz CT molecular complexity index is 635. The number of rotatable bonds is 4. The second-order valence-electron chi connectivity index (χ2n) is 3.80. The van der Waals surface area contributed by atoms with Crippen LogP contribution in [0.1, 0.15) is 11.3 Å². The lowest BCUT2D eigenvalue weighted by Crippen LogP contribution is -2.23. The number of halogens is 1. The second-order valence-corrected chi connectivity index (χ2v) is 5.57. The summed E-state index contributed by atoms with van der Waals surface area (Å²) in [7, 11) is -3.63. The van der Waals surface area contributed by atoms with E-state index in [9.17, 15) is 12.8 Å². The Kier molecular flexibility index (Phi) is 3.44. The fourth-order valence-corrected chi connectivity index (χ4v) is 2.43. The lowest BCUT2D eigenvalue weighted by molar-refractivity contribution is 0.580. The molecule has 0 amide bonds. The highest BCUT2D eigenvalue weighted by molar-refractivity contribution is 7.89. The lowest BCUT2D eigenvalue weighted by atomic mass is 10.3. The molecule has 7 heteroatoms. The number of sulfonamides is 1. The van der Waals surface area contributed by atoms with Gasteiger partial charge >= 0.3 is 0 Å². The zero-order valence-corrected chi connectivity index (χ0v) is 10.5. The van der Waals surface area contributed by atoms with E-state index in [0.717, 1.165) is 23.4 Å². The van der Waals surface area contributed by atoms with E-state index in [4.69, 9.17) is 0 Å². The van der Waals surface area contributed by atoms with Gasteiger partial charge in [0.1, 0.15) is 5.82 Å². The Labute approximate surface area is 104 Å². The van der Waals surface area contributed by atoms with Crippen LogP contribution in [0.5, 0.6) is 0 Å². The molecule has 0 atom stereocenters. The van der Waals surface area contributed by atoms with Crippen LogP contribution >= 0.6 is 0 Å². The Balaban J connectivity index is 2.13. The molecule has 0 spiro atoms. The van der Waals surface area contributed by atoms with Crippen LogP contribution in [0.25, 0.3) is 0 Å². The summed E-state index contributed by atoms with van der Waals surface area (Å²) < 4.78 is 38.9. The molecular formula is C11H12FN3O2S. The molecule has 0 aliphatic heterocycles. The first kappa shape index (κ1) is 12.7. The first-order valence-electron chi connectivity index (χ1n) is 5.23. The topological polar surface area (TPSA) is 74.8 Å². The third-order valence-corrected chi connectivity index (χ3v) is 3.93. The van der Waals surface area contributed by atoms with Gasteiger partial charge in [-0.05, 0) is 31.2 Å². The van der Waals surface area contributed by atoms with E-state index in [1.807, 2.05) is 0 Å². The minimum atomic E-state index is -3.63. The smallest absolute Gasteiger partial charge is 0.240 e. The van der Waals surface area contributed by atoms with Gasteiger partial charge in [0.25, 0.3) is 0 Å². The number of nitrogens with one attached hydrogen (secondary N) is 2. The molecule has 1 aromatic carbocycles. The van der Waals surface area contributed by atoms with Gasteiger partial charge in [-0.3, -0.25) is 5.10 Å². The zero-order valence-electron chi connectivity index (χ0n) is 9.64. The molecule has 18 heavy (non-hydrogen) atoms. The molecule has 0 aliphatic rings. The van der Waals surface area contributed by atoms with Crippen LogP contribution in [-0.4, -0.2) is 18.6 Å². The van der Waals surface area contributed by atoms with E-state index < -0.39 is 15.8 Å². The Hall–Kier alpha value is -1.73. The van der Waals surface area contributed by atoms with Crippen LogP contribution in [0.4, 0.5) is 4.39 Å². The van der Waals surface area contributed by atoms with E-state index in [2.05, 4.69) is 14.9 Å². The van der Waals surface area contributed by atoms with Crippen LogP contribution in [0.3, 0.4) is 0 Å². The number of aryl methyl sites for hydroxylation is 1. The minimum absolute atomic E-state index is 0.0325. The fraction of sp³-hybridized carbons (Fsp3) is 0.182. The molecule has 0 saturated heterocycles. The van der Waals surface area contributed by atoms with Crippen LogP contribution in [0, 0.1) is 12.7 Å². The number of aromatic amines is 1. The number of nitrogens with zero attached hydrogens (tertiary/aromatic N) is 1. The molecular weight excluding hydrogens is 257 g/mol. The van der Waals surface area contributed by atoms with Crippen molar-refractivity contribution in [2.24, 2.45) is 0 Å². The van der Waals surface area contributed by atoms with Crippen molar-refractivity contribution in [1.82, 2.24) is 14.9 Å². The molecule has 0 saturated carbocycles. The average Bonchev–Trinajstić information content (AvgIpc) is 2.73. The van der Waals surface area contributed by atoms with Crippen molar-refractivity contribution in [3.05, 3.63) is 47.5 Å². The van der Waals surface area contributed by atoms with Gasteiger partial charge in [0.2, 0.25) is 10.0 Å². The highest BCUT2D eigenvalue weighted by Crippen LogP contribution is 2.11. The van der Waals surface area contributed by atoms with Gasteiger partial charge in [0, 0.05) is 17.8 Å². The van der Waals surface area contributed by atoms with Gasteiger partial charge in [-0.1, -0.05) is 0 Å². The molecule has 2 aromatic rings. The summed E-state index contributed by atoms with van der Waals surface area (Å²) in [6, 6.07) is 4.66. The summed E-state index contributed by atoms with van der Waals surface area (Å²) in [5.74, 6) is -0.473. The summed E-state index contributed by atoms with van der Waals surface area (Å²) in [6.45, 7) is 1.94. The highest BCUT2D eigenvalue weighted by Gasteiger charge is 2.14. The molecule has 0 bridgehead atoms. The standard InChI is InChI=1S/C11H12FN3O2S/c1-8-9(6-13-15-8)7-14-18(16,17)11-4-2-10(12)3-5-11/h2-6,14H,7H2,1H3,(H,13,15). The first-order chi connectivity index (χ1) is 8.49. The maximum atomic E-state index is 12.7. The minimum Gasteiger partial charge on any atom is -0.283 e. The molecule has 0 fully saturated rings. The SMILES string of the molecule is Cc1[nH]ncc1CNS(=O)(=O)c1ccc(F)cc1.